The number of anilines is 1. The quantitative estimate of drug-likeness (QED) is 0.779. The molecule has 6 heteroatoms. The summed E-state index contributed by atoms with van der Waals surface area (Å²) in [4.78, 5) is 8.36. The highest BCUT2D eigenvalue weighted by Crippen LogP contribution is 2.31. The van der Waals surface area contributed by atoms with Crippen LogP contribution in [-0.2, 0) is 0 Å². The van der Waals surface area contributed by atoms with Crippen LogP contribution >= 0.6 is 11.3 Å². The molecule has 1 aromatic carbocycles. The molecule has 3 heterocycles. The second-order valence-corrected chi connectivity index (χ2v) is 8.09. The molecule has 1 saturated heterocycles. The molecule has 3 aromatic rings. The first-order chi connectivity index (χ1) is 12.4. The molecule has 5 nitrogen and oxygen atoms in total. The standard InChI is InChI=1S/C19H23N5S/c1-2-4-16(3-1)23-9-11-24(12-10-23)19-22-21-18(25-19)15-6-5-14-7-8-20-17(14)13-15/h5-8,13,16,20H,1-4,9-12H2. The Kier molecular flexibility index (Phi) is 3.94. The van der Waals surface area contributed by atoms with Crippen LogP contribution in [0.5, 0.6) is 0 Å². The molecule has 2 aromatic heterocycles. The number of nitrogens with zero attached hydrogens (tertiary/aromatic N) is 4. The number of nitrogens with one attached hydrogen (secondary N) is 1. The number of H-pyrrole nitrogens is 1. The maximum Gasteiger partial charge on any atom is 0.208 e. The normalized spacial score (nSPS) is 19.9. The molecule has 130 valence electrons. The van der Waals surface area contributed by atoms with Crippen molar-refractivity contribution >= 4 is 27.4 Å². The third-order valence-electron chi connectivity index (χ3n) is 5.64. The van der Waals surface area contributed by atoms with Gasteiger partial charge < -0.3 is 9.88 Å². The molecule has 0 atom stereocenters. The second-order valence-electron chi connectivity index (χ2n) is 7.13. The van der Waals surface area contributed by atoms with Gasteiger partial charge in [-0.3, -0.25) is 4.90 Å². The number of hydrogen-bond acceptors (Lipinski definition) is 5. The third kappa shape index (κ3) is 2.93. The Hall–Kier alpha value is -1.92. The van der Waals surface area contributed by atoms with Crippen molar-refractivity contribution in [3.63, 3.8) is 0 Å². The van der Waals surface area contributed by atoms with Gasteiger partial charge in [0.05, 0.1) is 0 Å². The Labute approximate surface area is 151 Å². The van der Waals surface area contributed by atoms with Gasteiger partial charge in [-0.25, -0.2) is 0 Å². The summed E-state index contributed by atoms with van der Waals surface area (Å²) in [6.07, 6.45) is 7.59. The topological polar surface area (TPSA) is 48.1 Å². The van der Waals surface area contributed by atoms with Crippen LogP contribution < -0.4 is 4.90 Å². The summed E-state index contributed by atoms with van der Waals surface area (Å²) in [6, 6.07) is 9.37. The van der Waals surface area contributed by atoms with E-state index in [1.54, 1.807) is 11.3 Å². The Morgan fingerprint density at radius 1 is 1.00 bits per heavy atom. The van der Waals surface area contributed by atoms with E-state index in [-0.39, 0.29) is 0 Å². The number of aromatic nitrogens is 3. The minimum Gasteiger partial charge on any atom is -0.361 e. The monoisotopic (exact) mass is 353 g/mol. The zero-order valence-corrected chi connectivity index (χ0v) is 15.1. The van der Waals surface area contributed by atoms with Gasteiger partial charge in [-0.2, -0.15) is 0 Å². The van der Waals surface area contributed by atoms with Crippen molar-refractivity contribution in [2.24, 2.45) is 0 Å². The maximum atomic E-state index is 4.47. The molecule has 25 heavy (non-hydrogen) atoms. The second kappa shape index (κ2) is 6.42. The molecule has 0 radical (unpaired) electrons. The van der Waals surface area contributed by atoms with E-state index in [4.69, 9.17) is 0 Å². The summed E-state index contributed by atoms with van der Waals surface area (Å²) < 4.78 is 0. The van der Waals surface area contributed by atoms with Crippen molar-refractivity contribution in [1.29, 1.82) is 0 Å². The highest BCUT2D eigenvalue weighted by Gasteiger charge is 2.27. The fourth-order valence-electron chi connectivity index (χ4n) is 4.19. The van der Waals surface area contributed by atoms with E-state index in [1.165, 1.54) is 31.1 Å². The Morgan fingerprint density at radius 2 is 1.84 bits per heavy atom. The van der Waals surface area contributed by atoms with Gasteiger partial charge >= 0.3 is 0 Å². The summed E-state index contributed by atoms with van der Waals surface area (Å²) in [7, 11) is 0. The van der Waals surface area contributed by atoms with E-state index >= 15 is 0 Å². The highest BCUT2D eigenvalue weighted by molar-refractivity contribution is 7.18. The van der Waals surface area contributed by atoms with Gasteiger partial charge in [0.2, 0.25) is 5.13 Å². The van der Waals surface area contributed by atoms with Gasteiger partial charge in [0.15, 0.2) is 0 Å². The molecule has 5 rings (SSSR count). The van der Waals surface area contributed by atoms with Crippen LogP contribution in [0.1, 0.15) is 25.7 Å². The predicted octanol–water partition coefficient (Wildman–Crippen LogP) is 3.75. The number of fused-ring (bicyclic) bond motifs is 1. The SMILES string of the molecule is c1cc2ccc(-c3nnc(N4CCN(C5CCCC5)CC4)s3)cc2[nH]1. The van der Waals surface area contributed by atoms with Crippen molar-refractivity contribution in [3.8, 4) is 10.6 Å². The van der Waals surface area contributed by atoms with Gasteiger partial charge in [-0.05, 0) is 30.4 Å². The van der Waals surface area contributed by atoms with Crippen LogP contribution in [0.25, 0.3) is 21.5 Å². The van der Waals surface area contributed by atoms with Crippen molar-refractivity contribution in [3.05, 3.63) is 30.5 Å². The van der Waals surface area contributed by atoms with E-state index in [9.17, 15) is 0 Å². The Morgan fingerprint density at radius 3 is 2.68 bits per heavy atom. The van der Waals surface area contributed by atoms with E-state index in [1.807, 2.05) is 6.20 Å². The summed E-state index contributed by atoms with van der Waals surface area (Å²) in [6.45, 7) is 4.46. The van der Waals surface area contributed by atoms with Crippen LogP contribution in [0.4, 0.5) is 5.13 Å². The number of benzene rings is 1. The van der Waals surface area contributed by atoms with Crippen LogP contribution in [-0.4, -0.2) is 52.3 Å². The van der Waals surface area contributed by atoms with Crippen LogP contribution in [0.15, 0.2) is 30.5 Å². The molecular formula is C19H23N5S. The molecule has 0 amide bonds. The van der Waals surface area contributed by atoms with Gasteiger partial charge in [-0.1, -0.05) is 36.3 Å². The number of hydrogen-bond donors (Lipinski definition) is 1. The lowest BCUT2D eigenvalue weighted by Crippen LogP contribution is -2.49. The summed E-state index contributed by atoms with van der Waals surface area (Å²) in [5.74, 6) is 0. The minimum atomic E-state index is 0.833. The summed E-state index contributed by atoms with van der Waals surface area (Å²) in [5, 5.41) is 12.2. The molecule has 0 bridgehead atoms. The van der Waals surface area contributed by atoms with Crippen molar-refractivity contribution in [2.75, 3.05) is 31.1 Å². The van der Waals surface area contributed by atoms with Gasteiger partial charge in [0, 0.05) is 49.5 Å². The fourth-order valence-corrected chi connectivity index (χ4v) is 5.08. The number of piperazine rings is 1. The minimum absolute atomic E-state index is 0.833. The van der Waals surface area contributed by atoms with Crippen LogP contribution in [0, 0.1) is 0 Å². The third-order valence-corrected chi connectivity index (χ3v) is 6.68. The van der Waals surface area contributed by atoms with E-state index in [0.717, 1.165) is 53.4 Å². The molecule has 2 aliphatic rings. The van der Waals surface area contributed by atoms with Crippen molar-refractivity contribution in [1.82, 2.24) is 20.1 Å². The zero-order chi connectivity index (χ0) is 16.6. The number of rotatable bonds is 3. The first-order valence-corrected chi connectivity index (χ1v) is 10.1. The van der Waals surface area contributed by atoms with E-state index in [2.05, 4.69) is 49.2 Å². The molecule has 1 N–H and O–H groups in total. The van der Waals surface area contributed by atoms with E-state index in [0.29, 0.717) is 0 Å². The van der Waals surface area contributed by atoms with Crippen LogP contribution in [0.2, 0.25) is 0 Å². The Balaban J connectivity index is 1.29. The van der Waals surface area contributed by atoms with Gasteiger partial charge in [-0.15, -0.1) is 10.2 Å². The lowest BCUT2D eigenvalue weighted by molar-refractivity contribution is 0.187. The molecule has 1 saturated carbocycles. The first-order valence-electron chi connectivity index (χ1n) is 9.27. The van der Waals surface area contributed by atoms with Gasteiger partial charge in [0.1, 0.15) is 5.01 Å². The van der Waals surface area contributed by atoms with Crippen molar-refractivity contribution in [2.45, 2.75) is 31.7 Å². The molecule has 0 spiro atoms. The summed E-state index contributed by atoms with van der Waals surface area (Å²) in [5.41, 5.74) is 2.29. The van der Waals surface area contributed by atoms with Crippen LogP contribution in [0.3, 0.4) is 0 Å². The van der Waals surface area contributed by atoms with E-state index < -0.39 is 0 Å². The first kappa shape index (κ1) is 15.3. The molecule has 1 aliphatic heterocycles. The molecule has 2 fully saturated rings. The van der Waals surface area contributed by atoms with Crippen molar-refractivity contribution < 1.29 is 0 Å². The summed E-state index contributed by atoms with van der Waals surface area (Å²) >= 11 is 1.71. The maximum absolute atomic E-state index is 4.47. The smallest absolute Gasteiger partial charge is 0.208 e. The fraction of sp³-hybridized carbons (Fsp3) is 0.474. The van der Waals surface area contributed by atoms with Gasteiger partial charge in [0.25, 0.3) is 0 Å². The highest BCUT2D eigenvalue weighted by atomic mass is 32.1. The largest absolute Gasteiger partial charge is 0.361 e. The lowest BCUT2D eigenvalue weighted by atomic mass is 10.2. The zero-order valence-electron chi connectivity index (χ0n) is 14.3. The average Bonchev–Trinajstić information content (AvgIpc) is 3.42. The average molecular weight is 353 g/mol. The number of aromatic amines is 1. The molecule has 1 aliphatic carbocycles. The molecular weight excluding hydrogens is 330 g/mol. The molecule has 0 unspecified atom stereocenters. The lowest BCUT2D eigenvalue weighted by Gasteiger charge is -2.37. The predicted molar refractivity (Wildman–Crippen MR) is 103 cm³/mol. The Bertz CT molecular complexity index is 855.